The van der Waals surface area contributed by atoms with E-state index in [0.717, 1.165) is 5.56 Å². The van der Waals surface area contributed by atoms with Gasteiger partial charge < -0.3 is 29.2 Å². The van der Waals surface area contributed by atoms with Crippen LogP contribution in [0.3, 0.4) is 0 Å². The highest BCUT2D eigenvalue weighted by molar-refractivity contribution is 5.13. The lowest BCUT2D eigenvalue weighted by Crippen LogP contribution is -2.38. The summed E-state index contributed by atoms with van der Waals surface area (Å²) in [7, 11) is 0. The van der Waals surface area contributed by atoms with Crippen LogP contribution in [0.5, 0.6) is 0 Å². The van der Waals surface area contributed by atoms with Crippen LogP contribution in [0, 0.1) is 0 Å². The van der Waals surface area contributed by atoms with Crippen molar-refractivity contribution in [2.45, 2.75) is 63.4 Å². The Kier molecular flexibility index (Phi) is 5.01. The summed E-state index contributed by atoms with van der Waals surface area (Å²) in [6.07, 6.45) is -2.17. The van der Waals surface area contributed by atoms with Gasteiger partial charge in [-0.2, -0.15) is 0 Å². The van der Waals surface area contributed by atoms with Crippen LogP contribution < -0.4 is 0 Å². The molecule has 0 aliphatic carbocycles. The van der Waals surface area contributed by atoms with Crippen molar-refractivity contribution in [2.24, 2.45) is 0 Å². The fraction of sp³-hybridized carbons (Fsp3) is 0.647. The van der Waals surface area contributed by atoms with Crippen LogP contribution in [0.1, 0.15) is 25.8 Å². The summed E-state index contributed by atoms with van der Waals surface area (Å²) in [5.41, 5.74) is 1.05. The van der Waals surface area contributed by atoms with Crippen molar-refractivity contribution in [3.05, 3.63) is 35.9 Å². The summed E-state index contributed by atoms with van der Waals surface area (Å²) in [6, 6.07) is 9.84. The molecule has 6 heteroatoms. The first-order valence-corrected chi connectivity index (χ1v) is 7.94. The Morgan fingerprint density at radius 3 is 2.65 bits per heavy atom. The molecule has 0 bridgehead atoms. The van der Waals surface area contributed by atoms with E-state index in [1.165, 1.54) is 0 Å². The van der Waals surface area contributed by atoms with Crippen molar-refractivity contribution in [3.63, 3.8) is 0 Å². The maximum absolute atomic E-state index is 9.72. The molecule has 3 rings (SSSR count). The molecule has 0 aromatic heterocycles. The van der Waals surface area contributed by atoms with Gasteiger partial charge in [-0.15, -0.1) is 0 Å². The number of aliphatic hydroxyl groups excluding tert-OH is 2. The van der Waals surface area contributed by atoms with E-state index >= 15 is 0 Å². The molecule has 2 aliphatic heterocycles. The van der Waals surface area contributed by atoms with E-state index in [2.05, 4.69) is 0 Å². The number of aliphatic hydroxyl groups is 2. The Hall–Kier alpha value is -1.02. The first-order chi connectivity index (χ1) is 11.0. The standard InChI is InChI=1S/C17H24O6/c1-17(2)22-15-14(20-10-11-6-4-3-5-7-11)13(8-12(19)9-18)21-16(15)23-17/h3-7,12-16,18-19H,8-10H2,1-2H3/t12-,13-,14+,15-,16-/m1/s1. The van der Waals surface area contributed by atoms with Crippen LogP contribution in [0.15, 0.2) is 30.3 Å². The molecule has 1 aromatic carbocycles. The van der Waals surface area contributed by atoms with Gasteiger partial charge in [0, 0.05) is 6.42 Å². The lowest BCUT2D eigenvalue weighted by atomic mass is 10.0. The maximum Gasteiger partial charge on any atom is 0.190 e. The van der Waals surface area contributed by atoms with Gasteiger partial charge in [0.1, 0.15) is 12.2 Å². The highest BCUT2D eigenvalue weighted by atomic mass is 16.8. The third-order valence-electron chi connectivity index (χ3n) is 4.09. The molecule has 0 spiro atoms. The van der Waals surface area contributed by atoms with E-state index in [4.69, 9.17) is 24.1 Å². The fourth-order valence-corrected chi connectivity index (χ4v) is 3.05. The molecule has 0 amide bonds. The minimum absolute atomic E-state index is 0.274. The quantitative estimate of drug-likeness (QED) is 0.818. The van der Waals surface area contributed by atoms with E-state index in [9.17, 15) is 5.11 Å². The van der Waals surface area contributed by atoms with Crippen molar-refractivity contribution >= 4 is 0 Å². The molecule has 2 aliphatic rings. The van der Waals surface area contributed by atoms with Crippen LogP contribution in [-0.2, 0) is 25.6 Å². The Balaban J connectivity index is 1.68. The van der Waals surface area contributed by atoms with Gasteiger partial charge in [0.15, 0.2) is 12.1 Å². The zero-order valence-corrected chi connectivity index (χ0v) is 13.4. The summed E-state index contributed by atoms with van der Waals surface area (Å²) in [5, 5.41) is 18.8. The Bertz CT molecular complexity index is 505. The average Bonchev–Trinajstić information content (AvgIpc) is 2.97. The Morgan fingerprint density at radius 2 is 1.96 bits per heavy atom. The molecule has 128 valence electrons. The molecule has 2 saturated heterocycles. The largest absolute Gasteiger partial charge is 0.394 e. The second-order valence-electron chi connectivity index (χ2n) is 6.48. The predicted molar refractivity (Wildman–Crippen MR) is 81.4 cm³/mol. The van der Waals surface area contributed by atoms with Crippen LogP contribution >= 0.6 is 0 Å². The van der Waals surface area contributed by atoms with Crippen molar-refractivity contribution in [2.75, 3.05) is 6.61 Å². The third kappa shape index (κ3) is 3.91. The van der Waals surface area contributed by atoms with Crippen LogP contribution in [0.2, 0.25) is 0 Å². The third-order valence-corrected chi connectivity index (χ3v) is 4.09. The zero-order chi connectivity index (χ0) is 16.4. The van der Waals surface area contributed by atoms with Crippen LogP contribution in [-0.4, -0.2) is 53.3 Å². The zero-order valence-electron chi connectivity index (χ0n) is 13.4. The summed E-state index contributed by atoms with van der Waals surface area (Å²) in [5.74, 6) is -0.718. The van der Waals surface area contributed by atoms with E-state index in [-0.39, 0.29) is 31.3 Å². The molecule has 2 fully saturated rings. The van der Waals surface area contributed by atoms with Gasteiger partial charge in [0.25, 0.3) is 0 Å². The lowest BCUT2D eigenvalue weighted by molar-refractivity contribution is -0.222. The van der Waals surface area contributed by atoms with Gasteiger partial charge in [-0.1, -0.05) is 30.3 Å². The monoisotopic (exact) mass is 324 g/mol. The molecular formula is C17H24O6. The molecule has 1 aromatic rings. The molecule has 0 unspecified atom stereocenters. The number of fused-ring (bicyclic) bond motifs is 1. The average molecular weight is 324 g/mol. The minimum atomic E-state index is -0.852. The fourth-order valence-electron chi connectivity index (χ4n) is 3.05. The highest BCUT2D eigenvalue weighted by Gasteiger charge is 2.55. The topological polar surface area (TPSA) is 77.4 Å². The molecule has 0 saturated carbocycles. The summed E-state index contributed by atoms with van der Waals surface area (Å²) in [4.78, 5) is 0. The Morgan fingerprint density at radius 1 is 1.22 bits per heavy atom. The number of rotatable bonds is 6. The molecule has 23 heavy (non-hydrogen) atoms. The van der Waals surface area contributed by atoms with Crippen LogP contribution in [0.4, 0.5) is 0 Å². The van der Waals surface area contributed by atoms with Gasteiger partial charge in [-0.25, -0.2) is 0 Å². The maximum atomic E-state index is 9.72. The highest BCUT2D eigenvalue weighted by Crippen LogP contribution is 2.40. The predicted octanol–water partition coefficient (Wildman–Crippen LogP) is 1.19. The summed E-state index contributed by atoms with van der Waals surface area (Å²) < 4.78 is 23.5. The van der Waals surface area contributed by atoms with Gasteiger partial charge in [0.05, 0.1) is 25.4 Å². The molecule has 0 radical (unpaired) electrons. The molecule has 2 heterocycles. The minimum Gasteiger partial charge on any atom is -0.394 e. The molecule has 6 nitrogen and oxygen atoms in total. The SMILES string of the molecule is CC1(C)O[C@H]2O[C@H](C[C@@H](O)CO)[C@H](OCc3ccccc3)[C@H]2O1. The first-order valence-electron chi connectivity index (χ1n) is 7.94. The Labute approximate surface area is 135 Å². The normalized spacial score (nSPS) is 33.6. The molecular weight excluding hydrogens is 300 g/mol. The van der Waals surface area contributed by atoms with E-state index < -0.39 is 18.2 Å². The smallest absolute Gasteiger partial charge is 0.190 e. The van der Waals surface area contributed by atoms with Crippen molar-refractivity contribution in [1.82, 2.24) is 0 Å². The van der Waals surface area contributed by atoms with Crippen LogP contribution in [0.25, 0.3) is 0 Å². The number of benzene rings is 1. The number of ether oxygens (including phenoxy) is 4. The van der Waals surface area contributed by atoms with Gasteiger partial charge in [-0.05, 0) is 19.4 Å². The van der Waals surface area contributed by atoms with Crippen molar-refractivity contribution < 1.29 is 29.2 Å². The summed E-state index contributed by atoms with van der Waals surface area (Å²) >= 11 is 0. The van der Waals surface area contributed by atoms with Crippen molar-refractivity contribution in [1.29, 1.82) is 0 Å². The number of hydrogen-bond donors (Lipinski definition) is 2. The van der Waals surface area contributed by atoms with E-state index in [1.54, 1.807) is 0 Å². The van der Waals surface area contributed by atoms with Crippen molar-refractivity contribution in [3.8, 4) is 0 Å². The molecule has 2 N–H and O–H groups in total. The first kappa shape index (κ1) is 16.8. The van der Waals surface area contributed by atoms with E-state index in [0.29, 0.717) is 6.61 Å². The number of hydrogen-bond acceptors (Lipinski definition) is 6. The second kappa shape index (κ2) is 6.84. The van der Waals surface area contributed by atoms with E-state index in [1.807, 2.05) is 44.2 Å². The lowest BCUT2D eigenvalue weighted by Gasteiger charge is -2.26. The molecule has 5 atom stereocenters. The van der Waals surface area contributed by atoms with Gasteiger partial charge in [0.2, 0.25) is 0 Å². The van der Waals surface area contributed by atoms with Gasteiger partial charge in [-0.3, -0.25) is 0 Å². The second-order valence-corrected chi connectivity index (χ2v) is 6.48. The summed E-state index contributed by atoms with van der Waals surface area (Å²) in [6.45, 7) is 3.78. The van der Waals surface area contributed by atoms with Gasteiger partial charge >= 0.3 is 0 Å².